The first kappa shape index (κ1) is 14.3. The smallest absolute Gasteiger partial charge is 0.406 e. The Labute approximate surface area is 95.3 Å². The minimum Gasteiger partial charge on any atom is -0.512 e. The van der Waals surface area contributed by atoms with Gasteiger partial charge in [0.05, 0.1) is 5.76 Å². The van der Waals surface area contributed by atoms with Crippen LogP contribution in [-0.4, -0.2) is 40.4 Å². The van der Waals surface area contributed by atoms with Crippen molar-refractivity contribution in [3.63, 3.8) is 0 Å². The van der Waals surface area contributed by atoms with Crippen LogP contribution in [0.15, 0.2) is 23.7 Å². The Balaban J connectivity index is 0.000000325. The Morgan fingerprint density at radius 2 is 1.81 bits per heavy atom. The highest BCUT2D eigenvalue weighted by molar-refractivity contribution is 5.63. The van der Waals surface area contributed by atoms with Crippen LogP contribution in [0.5, 0.6) is 0 Å². The van der Waals surface area contributed by atoms with Crippen LogP contribution in [-0.2, 0) is 0 Å². The van der Waals surface area contributed by atoms with E-state index >= 15 is 0 Å². The van der Waals surface area contributed by atoms with Crippen molar-refractivity contribution < 1.29 is 20.1 Å². The molecule has 0 aliphatic heterocycles. The monoisotopic (exact) mass is 229 g/mol. The molecule has 1 amide bonds. The zero-order chi connectivity index (χ0) is 12.9. The molecule has 0 aromatic carbocycles. The molecular weight excluding hydrogens is 210 g/mol. The van der Waals surface area contributed by atoms with Crippen molar-refractivity contribution in [3.05, 3.63) is 23.7 Å². The normalized spacial score (nSPS) is 17.5. The van der Waals surface area contributed by atoms with Crippen LogP contribution in [0.1, 0.15) is 20.3 Å². The fraction of sp³-hybridized carbons (Fsp3) is 0.545. The lowest BCUT2D eigenvalue weighted by molar-refractivity contribution is 0.165. The van der Waals surface area contributed by atoms with Crippen molar-refractivity contribution >= 4 is 6.09 Å². The quantitative estimate of drug-likeness (QED) is 0.596. The predicted molar refractivity (Wildman–Crippen MR) is 61.5 cm³/mol. The van der Waals surface area contributed by atoms with Crippen LogP contribution >= 0.6 is 0 Å². The second-order valence-electron chi connectivity index (χ2n) is 4.55. The molecule has 0 aromatic rings. The Hall–Kier alpha value is -1.65. The molecule has 1 rings (SSSR count). The summed E-state index contributed by atoms with van der Waals surface area (Å²) >= 11 is 0. The number of rotatable bonds is 0. The maximum atomic E-state index is 9.62. The molecule has 5 nitrogen and oxygen atoms in total. The lowest BCUT2D eigenvalue weighted by Crippen LogP contribution is -2.18. The van der Waals surface area contributed by atoms with E-state index in [9.17, 15) is 4.79 Å². The van der Waals surface area contributed by atoms with Gasteiger partial charge in [-0.3, -0.25) is 0 Å². The number of amides is 1. The van der Waals surface area contributed by atoms with Crippen molar-refractivity contribution in [3.8, 4) is 0 Å². The van der Waals surface area contributed by atoms with Crippen molar-refractivity contribution in [2.45, 2.75) is 20.3 Å². The van der Waals surface area contributed by atoms with Gasteiger partial charge in [-0.1, -0.05) is 13.8 Å². The molecule has 0 saturated carbocycles. The zero-order valence-electron chi connectivity index (χ0n) is 10.1. The number of carbonyl (C=O) groups is 1. The molecule has 1 aliphatic rings. The summed E-state index contributed by atoms with van der Waals surface area (Å²) in [6.07, 6.45) is 2.82. The number of hydrogen-bond acceptors (Lipinski definition) is 3. The second-order valence-corrected chi connectivity index (χ2v) is 4.55. The molecule has 5 heteroatoms. The van der Waals surface area contributed by atoms with Gasteiger partial charge in [-0.05, 0) is 11.5 Å². The van der Waals surface area contributed by atoms with E-state index in [1.165, 1.54) is 20.2 Å². The van der Waals surface area contributed by atoms with Gasteiger partial charge in [0.1, 0.15) is 5.76 Å². The SMILES string of the molecule is CC1(C)C=C(O)C=C(O)C1.CN(C)C(=O)O. The highest BCUT2D eigenvalue weighted by Gasteiger charge is 2.21. The topological polar surface area (TPSA) is 81.0 Å². The summed E-state index contributed by atoms with van der Waals surface area (Å²) in [4.78, 5) is 10.7. The van der Waals surface area contributed by atoms with Crippen molar-refractivity contribution in [1.82, 2.24) is 4.90 Å². The van der Waals surface area contributed by atoms with Crippen molar-refractivity contribution in [2.75, 3.05) is 14.1 Å². The first-order chi connectivity index (χ1) is 7.14. The Morgan fingerprint density at radius 1 is 1.38 bits per heavy atom. The van der Waals surface area contributed by atoms with E-state index in [1.807, 2.05) is 13.8 Å². The van der Waals surface area contributed by atoms with Crippen LogP contribution in [0, 0.1) is 5.41 Å². The van der Waals surface area contributed by atoms with Gasteiger partial charge in [-0.15, -0.1) is 0 Å². The molecule has 1 aliphatic carbocycles. The van der Waals surface area contributed by atoms with Crippen molar-refractivity contribution in [2.24, 2.45) is 5.41 Å². The maximum absolute atomic E-state index is 9.62. The van der Waals surface area contributed by atoms with Gasteiger partial charge in [0, 0.05) is 26.6 Å². The highest BCUT2D eigenvalue weighted by atomic mass is 16.4. The first-order valence-electron chi connectivity index (χ1n) is 4.85. The molecule has 92 valence electrons. The van der Waals surface area contributed by atoms with E-state index in [2.05, 4.69) is 0 Å². The fourth-order valence-electron chi connectivity index (χ4n) is 1.18. The number of carboxylic acid groups (broad SMARTS) is 1. The predicted octanol–water partition coefficient (Wildman–Crippen LogP) is 2.53. The zero-order valence-corrected chi connectivity index (χ0v) is 10.1. The van der Waals surface area contributed by atoms with Crippen LogP contribution in [0.4, 0.5) is 4.79 Å². The first-order valence-corrected chi connectivity index (χ1v) is 4.85. The number of nitrogens with zero attached hydrogens (tertiary/aromatic N) is 1. The maximum Gasteiger partial charge on any atom is 0.406 e. The van der Waals surface area contributed by atoms with E-state index in [0.29, 0.717) is 6.42 Å². The summed E-state index contributed by atoms with van der Waals surface area (Å²) in [7, 11) is 2.95. The summed E-state index contributed by atoms with van der Waals surface area (Å²) in [5, 5.41) is 26.0. The molecule has 0 heterocycles. The van der Waals surface area contributed by atoms with Gasteiger partial charge in [-0.2, -0.15) is 0 Å². The molecule has 0 bridgehead atoms. The Kier molecular flexibility index (Phi) is 4.88. The summed E-state index contributed by atoms with van der Waals surface area (Å²) in [5.41, 5.74) is -0.108. The van der Waals surface area contributed by atoms with Gasteiger partial charge in [-0.25, -0.2) is 4.79 Å². The Bertz CT molecular complexity index is 316. The van der Waals surface area contributed by atoms with E-state index in [-0.39, 0.29) is 16.9 Å². The summed E-state index contributed by atoms with van der Waals surface area (Å²) in [6.45, 7) is 3.93. The van der Waals surface area contributed by atoms with Crippen molar-refractivity contribution in [1.29, 1.82) is 0 Å². The van der Waals surface area contributed by atoms with Crippen LogP contribution in [0.3, 0.4) is 0 Å². The molecule has 0 saturated heterocycles. The van der Waals surface area contributed by atoms with E-state index < -0.39 is 6.09 Å². The van der Waals surface area contributed by atoms with Crippen LogP contribution in [0.25, 0.3) is 0 Å². The molecule has 16 heavy (non-hydrogen) atoms. The van der Waals surface area contributed by atoms with E-state index in [0.717, 1.165) is 4.90 Å². The van der Waals surface area contributed by atoms with Gasteiger partial charge in [0.15, 0.2) is 0 Å². The molecule has 0 spiro atoms. The van der Waals surface area contributed by atoms with E-state index in [1.54, 1.807) is 6.08 Å². The standard InChI is InChI=1S/C8H12O2.C3H7NO2/c1-8(2)4-6(9)3-7(10)5-8;1-4(2)3(5)6/h3-4,9-10H,5H2,1-2H3;1-2H3,(H,5,6). The number of aliphatic hydroxyl groups excluding tert-OH is 2. The lowest BCUT2D eigenvalue weighted by atomic mass is 9.85. The third-order valence-corrected chi connectivity index (χ3v) is 1.87. The van der Waals surface area contributed by atoms with E-state index in [4.69, 9.17) is 15.3 Å². The third-order valence-electron chi connectivity index (χ3n) is 1.87. The van der Waals surface area contributed by atoms with Crippen LogP contribution in [0.2, 0.25) is 0 Å². The molecule has 0 aromatic heterocycles. The average Bonchev–Trinajstić information content (AvgIpc) is 1.99. The van der Waals surface area contributed by atoms with Crippen LogP contribution < -0.4 is 0 Å². The molecule has 0 unspecified atom stereocenters. The van der Waals surface area contributed by atoms with Gasteiger partial charge < -0.3 is 20.2 Å². The third kappa shape index (κ3) is 5.95. The number of hydrogen-bond donors (Lipinski definition) is 3. The molecule has 0 fully saturated rings. The Morgan fingerprint density at radius 3 is 2.06 bits per heavy atom. The van der Waals surface area contributed by atoms with Gasteiger partial charge in [0.2, 0.25) is 0 Å². The van der Waals surface area contributed by atoms with Gasteiger partial charge >= 0.3 is 6.09 Å². The molecule has 3 N–H and O–H groups in total. The average molecular weight is 229 g/mol. The number of aliphatic hydroxyl groups is 2. The second kappa shape index (κ2) is 5.44. The largest absolute Gasteiger partial charge is 0.512 e. The molecule has 0 atom stereocenters. The van der Waals surface area contributed by atoms with Gasteiger partial charge in [0.25, 0.3) is 0 Å². The summed E-state index contributed by atoms with van der Waals surface area (Å²) in [6, 6.07) is 0. The fourth-order valence-corrected chi connectivity index (χ4v) is 1.18. The minimum atomic E-state index is -0.907. The molecular formula is C11H19NO4. The number of allylic oxidation sites excluding steroid dienone is 3. The summed E-state index contributed by atoms with van der Waals surface area (Å²) < 4.78 is 0. The summed E-state index contributed by atoms with van der Waals surface area (Å²) in [5.74, 6) is 0.416. The lowest BCUT2D eigenvalue weighted by Gasteiger charge is -2.22. The highest BCUT2D eigenvalue weighted by Crippen LogP contribution is 2.30. The minimum absolute atomic E-state index is 0.108. The molecule has 0 radical (unpaired) electrons.